The summed E-state index contributed by atoms with van der Waals surface area (Å²) in [6, 6.07) is 3.85. The molecule has 14 heavy (non-hydrogen) atoms. The number of aromatic nitrogens is 3. The smallest absolute Gasteiger partial charge is 0.135 e. The third kappa shape index (κ3) is 1.66. The quantitative estimate of drug-likeness (QED) is 0.724. The lowest BCUT2D eigenvalue weighted by Crippen LogP contribution is -2.06. The summed E-state index contributed by atoms with van der Waals surface area (Å²) in [5.74, 6) is 0.835. The van der Waals surface area contributed by atoms with Gasteiger partial charge < -0.3 is 15.3 Å². The molecular formula is C9H11ClN4. The summed E-state index contributed by atoms with van der Waals surface area (Å²) in [5, 5.41) is 3.57. The molecule has 0 bridgehead atoms. The first kappa shape index (κ1) is 9.30. The van der Waals surface area contributed by atoms with E-state index in [1.807, 2.05) is 25.4 Å². The molecule has 0 fully saturated rings. The standard InChI is InChI=1S/C9H11ClN4/c1-11-5-7-13-8(9(10)14-7)6-3-2-4-12-6/h2-4,11-12H,5H2,1H3,(H,13,14). The van der Waals surface area contributed by atoms with Gasteiger partial charge in [-0.25, -0.2) is 4.98 Å². The van der Waals surface area contributed by atoms with Crippen LogP contribution >= 0.6 is 11.6 Å². The summed E-state index contributed by atoms with van der Waals surface area (Å²) >= 11 is 6.01. The lowest BCUT2D eigenvalue weighted by atomic mass is 10.3. The first-order valence-electron chi connectivity index (χ1n) is 4.34. The van der Waals surface area contributed by atoms with Crippen molar-refractivity contribution in [1.82, 2.24) is 20.3 Å². The van der Waals surface area contributed by atoms with E-state index < -0.39 is 0 Å². The Balaban J connectivity index is 2.35. The average Bonchev–Trinajstić information content (AvgIpc) is 2.74. The Kier molecular flexibility index (Phi) is 2.56. The third-order valence-corrected chi connectivity index (χ3v) is 2.18. The van der Waals surface area contributed by atoms with Gasteiger partial charge in [-0.1, -0.05) is 11.6 Å². The number of imidazole rings is 1. The van der Waals surface area contributed by atoms with E-state index in [1.54, 1.807) is 0 Å². The normalized spacial score (nSPS) is 10.7. The van der Waals surface area contributed by atoms with E-state index in [-0.39, 0.29) is 0 Å². The second kappa shape index (κ2) is 3.86. The summed E-state index contributed by atoms with van der Waals surface area (Å²) in [4.78, 5) is 10.4. The van der Waals surface area contributed by atoms with Crippen LogP contribution in [0.1, 0.15) is 5.82 Å². The second-order valence-corrected chi connectivity index (χ2v) is 3.34. The van der Waals surface area contributed by atoms with Crippen molar-refractivity contribution in [2.75, 3.05) is 7.05 Å². The zero-order valence-corrected chi connectivity index (χ0v) is 8.52. The molecule has 0 atom stereocenters. The first-order valence-corrected chi connectivity index (χ1v) is 4.72. The molecule has 74 valence electrons. The molecule has 5 heteroatoms. The maximum Gasteiger partial charge on any atom is 0.135 e. The molecule has 0 radical (unpaired) electrons. The number of nitrogens with zero attached hydrogens (tertiary/aromatic N) is 1. The molecule has 0 saturated heterocycles. The van der Waals surface area contributed by atoms with Gasteiger partial charge in [-0.2, -0.15) is 0 Å². The van der Waals surface area contributed by atoms with Crippen molar-refractivity contribution in [3.05, 3.63) is 29.3 Å². The average molecular weight is 211 g/mol. The zero-order valence-electron chi connectivity index (χ0n) is 7.76. The van der Waals surface area contributed by atoms with E-state index in [0.29, 0.717) is 11.7 Å². The summed E-state index contributed by atoms with van der Waals surface area (Å²) in [7, 11) is 1.87. The Morgan fingerprint density at radius 1 is 1.57 bits per heavy atom. The molecule has 2 aromatic heterocycles. The van der Waals surface area contributed by atoms with Crippen molar-refractivity contribution in [3.8, 4) is 11.4 Å². The minimum Gasteiger partial charge on any atom is -0.360 e. The maximum atomic E-state index is 6.01. The van der Waals surface area contributed by atoms with Gasteiger partial charge in [-0.15, -0.1) is 0 Å². The number of hydrogen-bond donors (Lipinski definition) is 3. The van der Waals surface area contributed by atoms with Crippen LogP contribution in [0.3, 0.4) is 0 Å². The number of nitrogens with one attached hydrogen (secondary N) is 3. The molecule has 2 rings (SSSR count). The third-order valence-electron chi connectivity index (χ3n) is 1.91. The number of aromatic amines is 2. The van der Waals surface area contributed by atoms with Crippen molar-refractivity contribution < 1.29 is 0 Å². The minimum atomic E-state index is 0.567. The fourth-order valence-corrected chi connectivity index (χ4v) is 1.56. The maximum absolute atomic E-state index is 6.01. The van der Waals surface area contributed by atoms with E-state index >= 15 is 0 Å². The highest BCUT2D eigenvalue weighted by atomic mass is 35.5. The van der Waals surface area contributed by atoms with E-state index in [4.69, 9.17) is 11.6 Å². The predicted molar refractivity (Wildman–Crippen MR) is 56.1 cm³/mol. The number of hydrogen-bond acceptors (Lipinski definition) is 2. The zero-order chi connectivity index (χ0) is 9.97. The largest absolute Gasteiger partial charge is 0.360 e. The Labute approximate surface area is 86.7 Å². The van der Waals surface area contributed by atoms with Crippen LogP contribution in [-0.4, -0.2) is 22.0 Å². The summed E-state index contributed by atoms with van der Waals surface area (Å²) < 4.78 is 0. The van der Waals surface area contributed by atoms with E-state index in [9.17, 15) is 0 Å². The minimum absolute atomic E-state index is 0.567. The van der Waals surface area contributed by atoms with Crippen LogP contribution in [0.15, 0.2) is 18.3 Å². The molecule has 2 aromatic rings. The van der Waals surface area contributed by atoms with Crippen LogP contribution in [0, 0.1) is 0 Å². The first-order chi connectivity index (χ1) is 6.81. The molecule has 0 aliphatic heterocycles. The van der Waals surface area contributed by atoms with Crippen LogP contribution in [-0.2, 0) is 6.54 Å². The molecule has 4 nitrogen and oxygen atoms in total. The molecule has 0 unspecified atom stereocenters. The van der Waals surface area contributed by atoms with E-state index in [2.05, 4.69) is 20.3 Å². The van der Waals surface area contributed by atoms with Crippen molar-refractivity contribution in [3.63, 3.8) is 0 Å². The molecular weight excluding hydrogens is 200 g/mol. The van der Waals surface area contributed by atoms with E-state index in [1.165, 1.54) is 0 Å². The molecule has 0 saturated carbocycles. The summed E-state index contributed by atoms with van der Waals surface area (Å²) in [6.45, 7) is 0.681. The van der Waals surface area contributed by atoms with Gasteiger partial charge in [-0.05, 0) is 19.2 Å². The molecule has 0 aliphatic carbocycles. The van der Waals surface area contributed by atoms with Crippen LogP contribution in [0.25, 0.3) is 11.4 Å². The molecule has 0 amide bonds. The molecule has 0 spiro atoms. The highest BCUT2D eigenvalue weighted by molar-refractivity contribution is 6.31. The van der Waals surface area contributed by atoms with Crippen molar-refractivity contribution in [2.45, 2.75) is 6.54 Å². The number of halogens is 1. The van der Waals surface area contributed by atoms with Gasteiger partial charge in [0.15, 0.2) is 0 Å². The Morgan fingerprint density at radius 3 is 3.07 bits per heavy atom. The van der Waals surface area contributed by atoms with Crippen LogP contribution in [0.4, 0.5) is 0 Å². The van der Waals surface area contributed by atoms with Crippen molar-refractivity contribution >= 4 is 11.6 Å². The van der Waals surface area contributed by atoms with Gasteiger partial charge in [-0.3, -0.25) is 0 Å². The van der Waals surface area contributed by atoms with Crippen molar-refractivity contribution in [1.29, 1.82) is 0 Å². The highest BCUT2D eigenvalue weighted by Crippen LogP contribution is 2.23. The lowest BCUT2D eigenvalue weighted by molar-refractivity contribution is 0.772. The number of H-pyrrole nitrogens is 2. The van der Waals surface area contributed by atoms with E-state index in [0.717, 1.165) is 17.2 Å². The van der Waals surface area contributed by atoms with Crippen LogP contribution < -0.4 is 5.32 Å². The number of rotatable bonds is 3. The van der Waals surface area contributed by atoms with Crippen molar-refractivity contribution in [2.24, 2.45) is 0 Å². The SMILES string of the molecule is CNCc1nc(-c2ccc[nH]2)c(Cl)[nH]1. The second-order valence-electron chi connectivity index (χ2n) is 2.96. The molecule has 2 heterocycles. The fourth-order valence-electron chi connectivity index (χ4n) is 1.31. The van der Waals surface area contributed by atoms with Crippen LogP contribution in [0.2, 0.25) is 5.15 Å². The fraction of sp³-hybridized carbons (Fsp3) is 0.222. The lowest BCUT2D eigenvalue weighted by Gasteiger charge is -1.91. The summed E-state index contributed by atoms with van der Waals surface area (Å²) in [5.41, 5.74) is 1.69. The monoisotopic (exact) mass is 210 g/mol. The Bertz CT molecular complexity index is 404. The van der Waals surface area contributed by atoms with Gasteiger partial charge in [0.05, 0.1) is 12.2 Å². The molecule has 3 N–H and O–H groups in total. The topological polar surface area (TPSA) is 56.5 Å². The van der Waals surface area contributed by atoms with Gasteiger partial charge in [0.2, 0.25) is 0 Å². The highest BCUT2D eigenvalue weighted by Gasteiger charge is 2.09. The molecule has 0 aromatic carbocycles. The molecule has 0 aliphatic rings. The van der Waals surface area contributed by atoms with Gasteiger partial charge in [0, 0.05) is 6.20 Å². The van der Waals surface area contributed by atoms with Gasteiger partial charge in [0.25, 0.3) is 0 Å². The van der Waals surface area contributed by atoms with Gasteiger partial charge in [0.1, 0.15) is 16.7 Å². The van der Waals surface area contributed by atoms with Gasteiger partial charge >= 0.3 is 0 Å². The Hall–Kier alpha value is -1.26. The van der Waals surface area contributed by atoms with Crippen LogP contribution in [0.5, 0.6) is 0 Å². The Morgan fingerprint density at radius 2 is 2.43 bits per heavy atom. The predicted octanol–water partition coefficient (Wildman–Crippen LogP) is 1.78. The summed E-state index contributed by atoms with van der Waals surface area (Å²) in [6.07, 6.45) is 1.85.